The van der Waals surface area contributed by atoms with Crippen molar-refractivity contribution in [1.29, 1.82) is 5.39 Å². The first-order valence-electron chi connectivity index (χ1n) is 4.46. The molecule has 0 fully saturated rings. The minimum atomic E-state index is -1.18. The van der Waals surface area contributed by atoms with E-state index in [2.05, 4.69) is 4.98 Å². The van der Waals surface area contributed by atoms with Crippen molar-refractivity contribution in [3.63, 3.8) is 0 Å². The molecule has 16 heavy (non-hydrogen) atoms. The third-order valence-corrected chi connectivity index (χ3v) is 2.31. The van der Waals surface area contributed by atoms with E-state index < -0.39 is 11.7 Å². The van der Waals surface area contributed by atoms with Gasteiger partial charge in [0.25, 0.3) is 0 Å². The quantitative estimate of drug-likeness (QED) is 0.736. The first kappa shape index (κ1) is 9.93. The predicted molar refractivity (Wildman–Crippen MR) is 55.1 cm³/mol. The lowest BCUT2D eigenvalue weighted by molar-refractivity contribution is -0.266. The van der Waals surface area contributed by atoms with Gasteiger partial charge in [0.15, 0.2) is 4.98 Å². The van der Waals surface area contributed by atoms with Crippen molar-refractivity contribution in [3.8, 4) is 5.75 Å². The summed E-state index contributed by atoms with van der Waals surface area (Å²) in [6.45, 7) is 0. The third kappa shape index (κ3) is 1.33. The van der Waals surface area contributed by atoms with Crippen LogP contribution in [0.5, 0.6) is 5.75 Å². The number of rotatable bonds is 1. The van der Waals surface area contributed by atoms with E-state index >= 15 is 0 Å². The van der Waals surface area contributed by atoms with Gasteiger partial charge in [-0.05, 0) is 17.9 Å². The molecule has 2 aromatic carbocycles. The maximum atomic E-state index is 11.5. The highest BCUT2D eigenvalue weighted by Crippen LogP contribution is 2.35. The van der Waals surface area contributed by atoms with Gasteiger partial charge in [0.2, 0.25) is 5.39 Å². The molecule has 5 heteroatoms. The van der Waals surface area contributed by atoms with Gasteiger partial charge in [0, 0.05) is 5.39 Å². The molecule has 0 aliphatic carbocycles. The van der Waals surface area contributed by atoms with Crippen LogP contribution < -0.4 is 5.11 Å². The summed E-state index contributed by atoms with van der Waals surface area (Å²) in [4.78, 5) is 13.8. The fraction of sp³-hybridized carbons (Fsp3) is 0. The fourth-order valence-corrected chi connectivity index (χ4v) is 1.61. The second kappa shape index (κ2) is 3.51. The number of hydrogen-bond donors (Lipinski definition) is 1. The molecule has 0 aliphatic heterocycles. The maximum Gasteiger partial charge on any atom is 0.385 e. The Bertz CT molecular complexity index is 629. The van der Waals surface area contributed by atoms with E-state index in [1.54, 1.807) is 18.2 Å². The Labute approximate surface area is 90.2 Å². The van der Waals surface area contributed by atoms with Crippen molar-refractivity contribution < 1.29 is 15.0 Å². The van der Waals surface area contributed by atoms with Crippen LogP contribution in [0.4, 0.5) is 5.69 Å². The predicted octanol–water partition coefficient (Wildman–Crippen LogP) is 2.10. The average Bonchev–Trinajstić information content (AvgIpc) is 2.28. The molecule has 0 heterocycles. The Hall–Kier alpha value is -2.61. The van der Waals surface area contributed by atoms with Crippen LogP contribution in [0.2, 0.25) is 0 Å². The molecule has 1 N–H and O–H groups in total. The lowest BCUT2D eigenvalue weighted by Gasteiger charge is -2.06. The molecule has 0 spiro atoms. The SMILES string of the molecule is N#[N+]c1c([O-])cc(C(=O)O)c2ccccc12. The molecule has 0 radical (unpaired) electrons. The number of hydrogen-bond acceptors (Lipinski definition) is 3. The fourth-order valence-electron chi connectivity index (χ4n) is 1.61. The summed E-state index contributed by atoms with van der Waals surface area (Å²) in [5.41, 5.74) is -0.228. The molecule has 0 atom stereocenters. The van der Waals surface area contributed by atoms with Crippen LogP contribution in [0.1, 0.15) is 10.4 Å². The van der Waals surface area contributed by atoms with Crippen molar-refractivity contribution in [2.75, 3.05) is 0 Å². The topological polar surface area (TPSA) is 88.5 Å². The zero-order valence-electron chi connectivity index (χ0n) is 8.04. The number of carbonyl (C=O) groups is 1. The molecule has 0 bridgehead atoms. The summed E-state index contributed by atoms with van der Waals surface area (Å²) in [5.74, 6) is -1.80. The average molecular weight is 214 g/mol. The van der Waals surface area contributed by atoms with Crippen molar-refractivity contribution in [2.24, 2.45) is 0 Å². The third-order valence-electron chi connectivity index (χ3n) is 2.31. The molecule has 0 aliphatic rings. The molecule has 0 saturated heterocycles. The van der Waals surface area contributed by atoms with Gasteiger partial charge in [0.1, 0.15) is 0 Å². The standard InChI is InChI=1S/C11H6N2O3/c12-13-10-7-4-2-1-3-6(7)8(11(15)16)5-9(10)14/h1-5H,(H-,14,15,16). The Kier molecular flexibility index (Phi) is 2.18. The Morgan fingerprint density at radius 2 is 1.94 bits per heavy atom. The Morgan fingerprint density at radius 3 is 2.50 bits per heavy atom. The normalized spacial score (nSPS) is 9.94. The van der Waals surface area contributed by atoms with Crippen LogP contribution in [-0.2, 0) is 0 Å². The molecular formula is C11H6N2O3. The summed E-state index contributed by atoms with van der Waals surface area (Å²) < 4.78 is 0. The minimum absolute atomic E-state index is 0.0898. The van der Waals surface area contributed by atoms with Gasteiger partial charge >= 0.3 is 11.7 Å². The van der Waals surface area contributed by atoms with Crippen LogP contribution in [0.25, 0.3) is 15.7 Å². The number of nitrogens with zero attached hydrogens (tertiary/aromatic N) is 2. The van der Waals surface area contributed by atoms with E-state index in [4.69, 9.17) is 10.5 Å². The van der Waals surface area contributed by atoms with Crippen molar-refractivity contribution in [1.82, 2.24) is 0 Å². The molecule has 0 saturated carbocycles. The summed E-state index contributed by atoms with van der Waals surface area (Å²) in [5, 5.41) is 29.8. The number of diazo groups is 1. The summed E-state index contributed by atoms with van der Waals surface area (Å²) in [7, 11) is 0. The number of benzene rings is 2. The molecule has 2 aromatic rings. The van der Waals surface area contributed by atoms with Crippen LogP contribution in [0, 0.1) is 5.39 Å². The van der Waals surface area contributed by atoms with E-state index in [1.165, 1.54) is 6.07 Å². The number of carboxylic acid groups (broad SMARTS) is 1. The van der Waals surface area contributed by atoms with Crippen molar-refractivity contribution >= 4 is 22.4 Å². The molecular weight excluding hydrogens is 208 g/mol. The molecule has 2 rings (SSSR count). The first-order valence-corrected chi connectivity index (χ1v) is 4.46. The highest BCUT2D eigenvalue weighted by molar-refractivity contribution is 6.09. The molecule has 0 unspecified atom stereocenters. The zero-order valence-corrected chi connectivity index (χ0v) is 8.04. The molecule has 0 aromatic heterocycles. The van der Waals surface area contributed by atoms with Crippen LogP contribution in [0.3, 0.4) is 0 Å². The van der Waals surface area contributed by atoms with Gasteiger partial charge in [-0.2, -0.15) is 0 Å². The first-order chi connectivity index (χ1) is 7.65. The second-order valence-electron chi connectivity index (χ2n) is 3.22. The summed E-state index contributed by atoms with van der Waals surface area (Å²) in [6.07, 6.45) is 0. The maximum absolute atomic E-state index is 11.5. The highest BCUT2D eigenvalue weighted by atomic mass is 16.4. The molecule has 5 nitrogen and oxygen atoms in total. The van der Waals surface area contributed by atoms with Crippen molar-refractivity contribution in [3.05, 3.63) is 40.9 Å². The van der Waals surface area contributed by atoms with E-state index in [0.717, 1.165) is 6.07 Å². The monoisotopic (exact) mass is 214 g/mol. The van der Waals surface area contributed by atoms with E-state index in [-0.39, 0.29) is 11.3 Å². The second-order valence-corrected chi connectivity index (χ2v) is 3.22. The highest BCUT2D eigenvalue weighted by Gasteiger charge is 2.18. The summed E-state index contributed by atoms with van der Waals surface area (Å²) >= 11 is 0. The lowest BCUT2D eigenvalue weighted by atomic mass is 10.0. The van der Waals surface area contributed by atoms with Gasteiger partial charge in [-0.3, -0.25) is 0 Å². The van der Waals surface area contributed by atoms with Gasteiger partial charge in [0.05, 0.1) is 10.9 Å². The van der Waals surface area contributed by atoms with Gasteiger partial charge < -0.3 is 10.2 Å². The largest absolute Gasteiger partial charge is 0.867 e. The van der Waals surface area contributed by atoms with Crippen LogP contribution in [0.15, 0.2) is 30.3 Å². The minimum Gasteiger partial charge on any atom is -0.867 e. The van der Waals surface area contributed by atoms with E-state index in [1.807, 2.05) is 0 Å². The Morgan fingerprint density at radius 1 is 1.31 bits per heavy atom. The molecule has 0 amide bonds. The van der Waals surface area contributed by atoms with Gasteiger partial charge in [-0.1, -0.05) is 18.2 Å². The number of carboxylic acids is 1. The van der Waals surface area contributed by atoms with Gasteiger partial charge in [-0.15, -0.1) is 0 Å². The van der Waals surface area contributed by atoms with Crippen LogP contribution >= 0.6 is 0 Å². The lowest BCUT2D eigenvalue weighted by Crippen LogP contribution is -2.00. The van der Waals surface area contributed by atoms with Crippen LogP contribution in [-0.4, -0.2) is 11.1 Å². The van der Waals surface area contributed by atoms with Gasteiger partial charge in [-0.25, -0.2) is 4.79 Å². The van der Waals surface area contributed by atoms with E-state index in [9.17, 15) is 9.90 Å². The smallest absolute Gasteiger partial charge is 0.385 e. The molecule has 78 valence electrons. The Balaban J connectivity index is 2.98. The zero-order chi connectivity index (χ0) is 11.7. The van der Waals surface area contributed by atoms with E-state index in [0.29, 0.717) is 10.8 Å². The number of aromatic carboxylic acids is 1. The number of fused-ring (bicyclic) bond motifs is 1. The summed E-state index contributed by atoms with van der Waals surface area (Å²) in [6, 6.07) is 7.35. The van der Waals surface area contributed by atoms with Crippen molar-refractivity contribution in [2.45, 2.75) is 0 Å².